The third-order valence-electron chi connectivity index (χ3n) is 6.52. The summed E-state index contributed by atoms with van der Waals surface area (Å²) in [5.41, 5.74) is 2.07. The molecule has 2 fully saturated rings. The fourth-order valence-corrected chi connectivity index (χ4v) is 4.78. The number of carbonyl (C=O) groups is 1. The van der Waals surface area contributed by atoms with E-state index in [0.29, 0.717) is 23.7 Å². The summed E-state index contributed by atoms with van der Waals surface area (Å²) in [6, 6.07) is 6.85. The number of rotatable bonds is 5. The summed E-state index contributed by atoms with van der Waals surface area (Å²) in [6.07, 6.45) is 10.7. The average molecular weight is 411 g/mol. The molecule has 1 aliphatic heterocycles. The van der Waals surface area contributed by atoms with Gasteiger partial charge < -0.3 is 5.32 Å². The largest absolute Gasteiger partial charge is 0.348 e. The van der Waals surface area contributed by atoms with Crippen molar-refractivity contribution >= 4 is 5.91 Å². The first-order chi connectivity index (χ1) is 14.6. The van der Waals surface area contributed by atoms with E-state index in [2.05, 4.69) is 15.2 Å². The van der Waals surface area contributed by atoms with Crippen LogP contribution >= 0.6 is 0 Å². The molecule has 2 aliphatic rings. The Morgan fingerprint density at radius 1 is 1.13 bits per heavy atom. The minimum absolute atomic E-state index is 0.198. The topological polar surface area (TPSA) is 58.1 Å². The van der Waals surface area contributed by atoms with Gasteiger partial charge in [0.2, 0.25) is 0 Å². The van der Waals surface area contributed by atoms with E-state index in [-0.39, 0.29) is 11.7 Å². The fraction of sp³-hybridized carbons (Fsp3) is 0.542. The molecule has 1 aliphatic carbocycles. The minimum atomic E-state index is -0.283. The zero-order valence-electron chi connectivity index (χ0n) is 17.7. The molecule has 2 heterocycles. The maximum absolute atomic E-state index is 13.0. The second-order valence-corrected chi connectivity index (χ2v) is 8.66. The number of benzene rings is 1. The highest BCUT2D eigenvalue weighted by molar-refractivity contribution is 5.94. The molecule has 1 amide bonds. The highest BCUT2D eigenvalue weighted by Crippen LogP contribution is 2.30. The smallest absolute Gasteiger partial charge is 0.254 e. The summed E-state index contributed by atoms with van der Waals surface area (Å²) in [7, 11) is 0. The number of hydrogen-bond acceptors (Lipinski definition) is 4. The number of piperidine rings is 1. The lowest BCUT2D eigenvalue weighted by molar-refractivity contribution is 0.0949. The number of carbonyl (C=O) groups excluding carboxylic acids is 1. The molecule has 2 aromatic rings. The van der Waals surface area contributed by atoms with Crippen LogP contribution in [0.15, 0.2) is 30.5 Å². The van der Waals surface area contributed by atoms with E-state index in [1.54, 1.807) is 18.3 Å². The van der Waals surface area contributed by atoms with E-state index in [1.807, 2.05) is 6.92 Å². The number of aryl methyl sites for hydroxylation is 1. The van der Waals surface area contributed by atoms with Gasteiger partial charge >= 0.3 is 0 Å². The van der Waals surface area contributed by atoms with E-state index in [1.165, 1.54) is 57.2 Å². The summed E-state index contributed by atoms with van der Waals surface area (Å²) in [5, 5.41) is 2.87. The normalized spacial score (nSPS) is 20.8. The van der Waals surface area contributed by atoms with Crippen LogP contribution in [0.25, 0.3) is 0 Å². The molecule has 0 unspecified atom stereocenters. The average Bonchev–Trinajstić information content (AvgIpc) is 2.79. The first-order valence-corrected chi connectivity index (χ1v) is 11.2. The molecule has 5 nitrogen and oxygen atoms in total. The van der Waals surface area contributed by atoms with Crippen LogP contribution in [0.3, 0.4) is 0 Å². The van der Waals surface area contributed by atoms with Crippen LogP contribution in [-0.2, 0) is 6.54 Å². The van der Waals surface area contributed by atoms with Gasteiger partial charge in [0.05, 0.1) is 11.3 Å². The number of hydrogen-bond donors (Lipinski definition) is 1. The van der Waals surface area contributed by atoms with Crippen molar-refractivity contribution in [3.05, 3.63) is 58.9 Å². The van der Waals surface area contributed by atoms with Crippen LogP contribution in [0.4, 0.5) is 4.39 Å². The first-order valence-electron chi connectivity index (χ1n) is 11.2. The van der Waals surface area contributed by atoms with Gasteiger partial charge in [-0.15, -0.1) is 0 Å². The molecule has 30 heavy (non-hydrogen) atoms. The van der Waals surface area contributed by atoms with Gasteiger partial charge in [-0.25, -0.2) is 14.4 Å². The molecule has 1 N–H and O–H groups in total. The van der Waals surface area contributed by atoms with Crippen LogP contribution in [0.5, 0.6) is 0 Å². The van der Waals surface area contributed by atoms with Crippen molar-refractivity contribution in [2.24, 2.45) is 0 Å². The molecule has 1 saturated carbocycles. The summed E-state index contributed by atoms with van der Waals surface area (Å²) in [6.45, 7) is 4.43. The number of halogens is 1. The Morgan fingerprint density at radius 2 is 1.90 bits per heavy atom. The number of likely N-dealkylation sites (tertiary alicyclic amines) is 1. The lowest BCUT2D eigenvalue weighted by Gasteiger charge is -2.39. The SMILES string of the molecule is Cc1nc([C@H]2CCCN(C3CCCCC3)C2)ncc1C(=O)NCc1ccc(F)cc1. The monoisotopic (exact) mass is 410 g/mol. The number of amides is 1. The Hall–Kier alpha value is -2.34. The van der Waals surface area contributed by atoms with Crippen LogP contribution in [-0.4, -0.2) is 39.9 Å². The van der Waals surface area contributed by atoms with Crippen LogP contribution in [0, 0.1) is 12.7 Å². The first kappa shape index (κ1) is 20.9. The van der Waals surface area contributed by atoms with Crippen LogP contribution in [0.1, 0.15) is 78.3 Å². The molecule has 1 aromatic carbocycles. The summed E-state index contributed by atoms with van der Waals surface area (Å²) < 4.78 is 13.0. The molecule has 160 valence electrons. The van der Waals surface area contributed by atoms with Crippen LogP contribution in [0.2, 0.25) is 0 Å². The molecule has 0 radical (unpaired) electrons. The van der Waals surface area contributed by atoms with Crippen molar-refractivity contribution in [3.8, 4) is 0 Å². The molecule has 0 spiro atoms. The van der Waals surface area contributed by atoms with E-state index < -0.39 is 0 Å². The van der Waals surface area contributed by atoms with Gasteiger partial charge in [-0.2, -0.15) is 0 Å². The third kappa shape index (κ3) is 5.04. The van der Waals surface area contributed by atoms with Crippen molar-refractivity contribution in [2.45, 2.75) is 70.4 Å². The number of aromatic nitrogens is 2. The van der Waals surface area contributed by atoms with E-state index in [9.17, 15) is 9.18 Å². The van der Waals surface area contributed by atoms with Gasteiger partial charge in [0, 0.05) is 31.2 Å². The summed E-state index contributed by atoms with van der Waals surface area (Å²) in [4.78, 5) is 24.5. The van der Waals surface area contributed by atoms with Crippen molar-refractivity contribution in [3.63, 3.8) is 0 Å². The molecular weight excluding hydrogens is 379 g/mol. The van der Waals surface area contributed by atoms with Crippen molar-refractivity contribution in [1.82, 2.24) is 20.2 Å². The molecule has 1 aromatic heterocycles. The molecule has 4 rings (SSSR count). The fourth-order valence-electron chi connectivity index (χ4n) is 4.78. The predicted molar refractivity (Wildman–Crippen MR) is 115 cm³/mol. The predicted octanol–water partition coefficient (Wildman–Crippen LogP) is 4.37. The maximum Gasteiger partial charge on any atom is 0.254 e. The third-order valence-corrected chi connectivity index (χ3v) is 6.52. The molecule has 6 heteroatoms. The summed E-state index contributed by atoms with van der Waals surface area (Å²) in [5.74, 6) is 0.726. The van der Waals surface area contributed by atoms with Crippen molar-refractivity contribution in [2.75, 3.05) is 13.1 Å². The minimum Gasteiger partial charge on any atom is -0.348 e. The lowest BCUT2D eigenvalue weighted by Crippen LogP contribution is -2.43. The quantitative estimate of drug-likeness (QED) is 0.795. The number of nitrogens with one attached hydrogen (secondary N) is 1. The van der Waals surface area contributed by atoms with Gasteiger partial charge in [-0.1, -0.05) is 31.4 Å². The van der Waals surface area contributed by atoms with Crippen molar-refractivity contribution < 1.29 is 9.18 Å². The maximum atomic E-state index is 13.0. The Labute approximate surface area is 178 Å². The van der Waals surface area contributed by atoms with E-state index >= 15 is 0 Å². The van der Waals surface area contributed by atoms with Gasteiger partial charge in [0.25, 0.3) is 5.91 Å². The summed E-state index contributed by atoms with van der Waals surface area (Å²) >= 11 is 0. The Balaban J connectivity index is 1.38. The highest BCUT2D eigenvalue weighted by atomic mass is 19.1. The van der Waals surface area contributed by atoms with Crippen molar-refractivity contribution in [1.29, 1.82) is 0 Å². The second kappa shape index (κ2) is 9.65. The Kier molecular flexibility index (Phi) is 6.72. The standard InChI is InChI=1S/C24H31FN4O/c1-17-22(24(30)27-14-18-9-11-20(25)12-10-18)15-26-23(28-17)19-6-5-13-29(16-19)21-7-3-2-4-8-21/h9-12,15,19,21H,2-8,13-14,16H2,1H3,(H,27,30)/t19-/m0/s1. The molecular formula is C24H31FN4O. The van der Waals surface area contributed by atoms with Gasteiger partial charge in [0.15, 0.2) is 0 Å². The van der Waals surface area contributed by atoms with E-state index in [0.717, 1.165) is 30.4 Å². The zero-order chi connectivity index (χ0) is 20.9. The van der Waals surface area contributed by atoms with Gasteiger partial charge in [0.1, 0.15) is 11.6 Å². The number of nitrogens with zero attached hydrogens (tertiary/aromatic N) is 3. The Morgan fingerprint density at radius 3 is 2.63 bits per heavy atom. The van der Waals surface area contributed by atoms with Gasteiger partial charge in [-0.3, -0.25) is 9.69 Å². The molecule has 0 bridgehead atoms. The zero-order valence-corrected chi connectivity index (χ0v) is 17.7. The van der Waals surface area contributed by atoms with Gasteiger partial charge in [-0.05, 0) is 56.8 Å². The Bertz CT molecular complexity index is 864. The molecule has 1 atom stereocenters. The van der Waals surface area contributed by atoms with E-state index in [4.69, 9.17) is 4.98 Å². The lowest BCUT2D eigenvalue weighted by atomic mass is 9.90. The second-order valence-electron chi connectivity index (χ2n) is 8.66. The molecule has 1 saturated heterocycles. The highest BCUT2D eigenvalue weighted by Gasteiger charge is 2.29. The van der Waals surface area contributed by atoms with Crippen LogP contribution < -0.4 is 5.32 Å².